The minimum Gasteiger partial charge on any atom is -0.343 e. The second-order valence-corrected chi connectivity index (χ2v) is 3.29. The topological polar surface area (TPSA) is 28.7 Å². The molecule has 1 N–H and O–H groups in total. The fourth-order valence-corrected chi connectivity index (χ4v) is 1.61. The second kappa shape index (κ2) is 3.26. The highest BCUT2D eigenvalue weighted by Gasteiger charge is 1.97. The molecule has 2 rings (SSSR count). The number of fused-ring (bicyclic) bond motifs is 1. The molecule has 2 aromatic rings. The molecule has 0 fully saturated rings. The van der Waals surface area contributed by atoms with E-state index >= 15 is 0 Å². The van der Waals surface area contributed by atoms with E-state index in [1.54, 1.807) is 0 Å². The lowest BCUT2D eigenvalue weighted by molar-refractivity contribution is 1.02. The van der Waals surface area contributed by atoms with E-state index in [1.165, 1.54) is 0 Å². The van der Waals surface area contributed by atoms with Crippen molar-refractivity contribution in [3.8, 4) is 0 Å². The molecule has 13 heavy (non-hydrogen) atoms. The van der Waals surface area contributed by atoms with Gasteiger partial charge in [0.05, 0.1) is 16.7 Å². The van der Waals surface area contributed by atoms with Gasteiger partial charge < -0.3 is 4.98 Å². The summed E-state index contributed by atoms with van der Waals surface area (Å²) in [5.74, 6) is 0. The van der Waals surface area contributed by atoms with Crippen LogP contribution in [0.2, 0.25) is 0 Å². The average Bonchev–Trinajstić information content (AvgIpc) is 2.17. The Balaban J connectivity index is 2.81. The van der Waals surface area contributed by atoms with Gasteiger partial charge in [-0.15, -0.1) is 0 Å². The lowest BCUT2D eigenvalue weighted by Crippen LogP contribution is -1.92. The Labute approximate surface area is 81.6 Å². The van der Waals surface area contributed by atoms with Gasteiger partial charge in [0.1, 0.15) is 4.64 Å². The Bertz CT molecular complexity index is 487. The molecule has 66 valence electrons. The summed E-state index contributed by atoms with van der Waals surface area (Å²) in [6.07, 6.45) is 0.875. The van der Waals surface area contributed by atoms with Crippen LogP contribution in [0.5, 0.6) is 0 Å². The molecule has 2 nitrogen and oxygen atoms in total. The van der Waals surface area contributed by atoms with Crippen LogP contribution in [0.3, 0.4) is 0 Å². The Morgan fingerprint density at radius 1 is 1.38 bits per heavy atom. The Morgan fingerprint density at radius 2 is 2.15 bits per heavy atom. The number of nitrogens with one attached hydrogen (secondary N) is 1. The number of benzene rings is 1. The fraction of sp³-hybridized carbons (Fsp3) is 0.200. The van der Waals surface area contributed by atoms with Gasteiger partial charge in [0.25, 0.3) is 0 Å². The lowest BCUT2D eigenvalue weighted by Gasteiger charge is -2.00. The molecule has 1 heterocycles. The molecule has 0 aliphatic carbocycles. The van der Waals surface area contributed by atoms with Crippen LogP contribution in [0.25, 0.3) is 11.0 Å². The zero-order valence-electron chi connectivity index (χ0n) is 7.37. The van der Waals surface area contributed by atoms with E-state index in [0.29, 0.717) is 0 Å². The van der Waals surface area contributed by atoms with Gasteiger partial charge in [-0.3, -0.25) is 0 Å². The molecule has 0 saturated heterocycles. The summed E-state index contributed by atoms with van der Waals surface area (Å²) in [5, 5.41) is 0. The van der Waals surface area contributed by atoms with E-state index in [-0.39, 0.29) is 0 Å². The van der Waals surface area contributed by atoms with Crippen LogP contribution in [0.1, 0.15) is 12.6 Å². The van der Waals surface area contributed by atoms with E-state index in [4.69, 9.17) is 12.2 Å². The third kappa shape index (κ3) is 1.47. The standard InChI is InChI=1S/C10H10N2S/c1-2-7-10(13)12-9-6-4-3-5-8(9)11-7/h3-6H,2H2,1H3,(H,12,13). The summed E-state index contributed by atoms with van der Waals surface area (Å²) >= 11 is 5.16. The van der Waals surface area contributed by atoms with Crippen molar-refractivity contribution >= 4 is 23.3 Å². The average molecular weight is 190 g/mol. The van der Waals surface area contributed by atoms with Crippen molar-refractivity contribution in [2.24, 2.45) is 0 Å². The zero-order valence-corrected chi connectivity index (χ0v) is 8.19. The van der Waals surface area contributed by atoms with Crippen LogP contribution >= 0.6 is 12.2 Å². The number of aromatic nitrogens is 2. The van der Waals surface area contributed by atoms with Gasteiger partial charge in [0.2, 0.25) is 0 Å². The first kappa shape index (κ1) is 8.38. The Hall–Kier alpha value is -1.22. The summed E-state index contributed by atoms with van der Waals surface area (Å²) < 4.78 is 0.751. The molecular formula is C10H10N2S. The van der Waals surface area contributed by atoms with Gasteiger partial charge in [-0.25, -0.2) is 4.98 Å². The number of para-hydroxylation sites is 2. The van der Waals surface area contributed by atoms with Crippen molar-refractivity contribution in [3.63, 3.8) is 0 Å². The molecule has 0 radical (unpaired) electrons. The smallest absolute Gasteiger partial charge is 0.125 e. The maximum Gasteiger partial charge on any atom is 0.125 e. The number of rotatable bonds is 1. The highest BCUT2D eigenvalue weighted by Crippen LogP contribution is 2.09. The quantitative estimate of drug-likeness (QED) is 0.700. The SMILES string of the molecule is CCc1nc2ccccc2[nH]c1=S. The first-order chi connectivity index (χ1) is 6.31. The number of H-pyrrole nitrogens is 1. The van der Waals surface area contributed by atoms with E-state index < -0.39 is 0 Å². The molecule has 0 spiro atoms. The third-order valence-corrected chi connectivity index (χ3v) is 2.34. The van der Waals surface area contributed by atoms with Crippen molar-refractivity contribution in [3.05, 3.63) is 34.6 Å². The van der Waals surface area contributed by atoms with Crippen LogP contribution in [-0.2, 0) is 6.42 Å². The monoisotopic (exact) mass is 190 g/mol. The number of nitrogens with zero attached hydrogens (tertiary/aromatic N) is 1. The van der Waals surface area contributed by atoms with Gasteiger partial charge in [0.15, 0.2) is 0 Å². The van der Waals surface area contributed by atoms with E-state index in [0.717, 1.165) is 27.8 Å². The van der Waals surface area contributed by atoms with Crippen LogP contribution < -0.4 is 0 Å². The molecule has 0 amide bonds. The van der Waals surface area contributed by atoms with Crippen molar-refractivity contribution in [1.29, 1.82) is 0 Å². The second-order valence-electron chi connectivity index (χ2n) is 2.88. The molecular weight excluding hydrogens is 180 g/mol. The van der Waals surface area contributed by atoms with Crippen LogP contribution in [0, 0.1) is 4.64 Å². The molecule has 1 aromatic heterocycles. The summed E-state index contributed by atoms with van der Waals surface area (Å²) in [6, 6.07) is 7.92. The molecule has 3 heteroatoms. The summed E-state index contributed by atoms with van der Waals surface area (Å²) in [7, 11) is 0. The molecule has 1 aromatic carbocycles. The van der Waals surface area contributed by atoms with Crippen molar-refractivity contribution in [1.82, 2.24) is 9.97 Å². The number of aryl methyl sites for hydroxylation is 1. The zero-order chi connectivity index (χ0) is 9.26. The van der Waals surface area contributed by atoms with Gasteiger partial charge in [0, 0.05) is 0 Å². The minimum absolute atomic E-state index is 0.751. The molecule has 0 aliphatic heterocycles. The molecule has 0 atom stereocenters. The number of aromatic amines is 1. The summed E-state index contributed by atoms with van der Waals surface area (Å²) in [6.45, 7) is 2.06. The normalized spacial score (nSPS) is 10.5. The largest absolute Gasteiger partial charge is 0.343 e. The minimum atomic E-state index is 0.751. The lowest BCUT2D eigenvalue weighted by atomic mass is 10.3. The van der Waals surface area contributed by atoms with Gasteiger partial charge in [-0.2, -0.15) is 0 Å². The van der Waals surface area contributed by atoms with E-state index in [9.17, 15) is 0 Å². The molecule has 0 saturated carbocycles. The predicted octanol–water partition coefficient (Wildman–Crippen LogP) is 2.85. The number of hydrogen-bond acceptors (Lipinski definition) is 2. The molecule has 0 aliphatic rings. The van der Waals surface area contributed by atoms with Crippen LogP contribution in [0.4, 0.5) is 0 Å². The van der Waals surface area contributed by atoms with E-state index in [2.05, 4.69) is 16.9 Å². The Kier molecular flexibility index (Phi) is 2.10. The Morgan fingerprint density at radius 3 is 2.92 bits per heavy atom. The molecule has 0 bridgehead atoms. The van der Waals surface area contributed by atoms with Gasteiger partial charge in [-0.05, 0) is 18.6 Å². The first-order valence-corrected chi connectivity index (χ1v) is 4.70. The van der Waals surface area contributed by atoms with Crippen LogP contribution in [0.15, 0.2) is 24.3 Å². The summed E-state index contributed by atoms with van der Waals surface area (Å²) in [5.41, 5.74) is 2.95. The highest BCUT2D eigenvalue weighted by atomic mass is 32.1. The molecule has 0 unspecified atom stereocenters. The third-order valence-electron chi connectivity index (χ3n) is 2.00. The maximum atomic E-state index is 5.16. The van der Waals surface area contributed by atoms with Crippen LogP contribution in [-0.4, -0.2) is 9.97 Å². The predicted molar refractivity (Wildman–Crippen MR) is 56.3 cm³/mol. The highest BCUT2D eigenvalue weighted by molar-refractivity contribution is 7.71. The van der Waals surface area contributed by atoms with Crippen molar-refractivity contribution in [2.75, 3.05) is 0 Å². The maximum absolute atomic E-state index is 5.16. The van der Waals surface area contributed by atoms with Crippen molar-refractivity contribution < 1.29 is 0 Å². The first-order valence-electron chi connectivity index (χ1n) is 4.29. The fourth-order valence-electron chi connectivity index (χ4n) is 1.31. The van der Waals surface area contributed by atoms with Gasteiger partial charge >= 0.3 is 0 Å². The van der Waals surface area contributed by atoms with E-state index in [1.807, 2.05) is 24.3 Å². The van der Waals surface area contributed by atoms with Gasteiger partial charge in [-0.1, -0.05) is 31.3 Å². The summed E-state index contributed by atoms with van der Waals surface area (Å²) in [4.78, 5) is 7.62. The van der Waals surface area contributed by atoms with Crippen molar-refractivity contribution in [2.45, 2.75) is 13.3 Å². The number of hydrogen-bond donors (Lipinski definition) is 1.